The SMILES string of the molecule is Cc1cc(C)n(CCCC(=O)N2CCC([C@@H](O)CC(C)C)CC2)n1. The Morgan fingerprint density at radius 3 is 2.54 bits per heavy atom. The number of hydrogen-bond donors (Lipinski definition) is 1. The highest BCUT2D eigenvalue weighted by Gasteiger charge is 2.27. The van der Waals surface area contributed by atoms with Crippen LogP contribution in [0, 0.1) is 25.7 Å². The van der Waals surface area contributed by atoms with Crippen LogP contribution in [0.3, 0.4) is 0 Å². The average Bonchev–Trinajstić information content (AvgIpc) is 2.84. The van der Waals surface area contributed by atoms with Gasteiger partial charge in [-0.2, -0.15) is 5.10 Å². The molecule has 1 N–H and O–H groups in total. The Labute approximate surface area is 146 Å². The maximum Gasteiger partial charge on any atom is 0.222 e. The van der Waals surface area contributed by atoms with Crippen molar-refractivity contribution in [2.24, 2.45) is 11.8 Å². The first-order valence-electron chi connectivity index (χ1n) is 9.33. The molecule has 0 aromatic carbocycles. The molecule has 0 saturated carbocycles. The Bertz CT molecular complexity index is 531. The first-order chi connectivity index (χ1) is 11.4. The standard InChI is InChI=1S/C19H33N3O2/c1-14(2)12-18(23)17-7-10-21(11-8-17)19(24)6-5-9-22-16(4)13-15(3)20-22/h13-14,17-18,23H,5-12H2,1-4H3/t18-/m0/s1. The summed E-state index contributed by atoms with van der Waals surface area (Å²) < 4.78 is 1.98. The molecule has 1 aromatic heterocycles. The highest BCUT2D eigenvalue weighted by atomic mass is 16.3. The first-order valence-corrected chi connectivity index (χ1v) is 9.33. The van der Waals surface area contributed by atoms with E-state index in [2.05, 4.69) is 31.9 Å². The van der Waals surface area contributed by atoms with Gasteiger partial charge in [-0.05, 0) is 57.4 Å². The maximum absolute atomic E-state index is 12.4. The molecule has 1 atom stereocenters. The Kier molecular flexibility index (Phi) is 6.84. The van der Waals surface area contributed by atoms with Gasteiger partial charge in [-0.1, -0.05) is 13.8 Å². The van der Waals surface area contributed by atoms with Crippen LogP contribution in [0.5, 0.6) is 0 Å². The molecule has 5 nitrogen and oxygen atoms in total. The van der Waals surface area contributed by atoms with Crippen molar-refractivity contribution < 1.29 is 9.90 Å². The summed E-state index contributed by atoms with van der Waals surface area (Å²) in [5.41, 5.74) is 2.18. The van der Waals surface area contributed by atoms with Gasteiger partial charge in [-0.25, -0.2) is 0 Å². The predicted octanol–water partition coefficient (Wildman–Crippen LogP) is 2.93. The fraction of sp³-hybridized carbons (Fsp3) is 0.789. The fourth-order valence-corrected chi connectivity index (χ4v) is 3.65. The molecule has 136 valence electrons. The zero-order valence-corrected chi connectivity index (χ0v) is 15.7. The van der Waals surface area contributed by atoms with E-state index in [9.17, 15) is 9.90 Å². The van der Waals surface area contributed by atoms with E-state index in [1.165, 1.54) is 0 Å². The van der Waals surface area contributed by atoms with Gasteiger partial charge in [0.1, 0.15) is 0 Å². The highest BCUT2D eigenvalue weighted by molar-refractivity contribution is 5.76. The van der Waals surface area contributed by atoms with Crippen molar-refractivity contribution in [1.82, 2.24) is 14.7 Å². The lowest BCUT2D eigenvalue weighted by Crippen LogP contribution is -2.41. The Balaban J connectivity index is 1.70. The molecule has 1 aliphatic heterocycles. The largest absolute Gasteiger partial charge is 0.393 e. The number of rotatable bonds is 7. The van der Waals surface area contributed by atoms with Gasteiger partial charge in [0.2, 0.25) is 5.91 Å². The van der Waals surface area contributed by atoms with Gasteiger partial charge in [-0.3, -0.25) is 9.48 Å². The molecule has 1 aromatic rings. The van der Waals surface area contributed by atoms with Gasteiger partial charge in [0.15, 0.2) is 0 Å². The van der Waals surface area contributed by atoms with E-state index in [0.717, 1.165) is 56.7 Å². The molecule has 1 fully saturated rings. The second-order valence-corrected chi connectivity index (χ2v) is 7.67. The number of amides is 1. The number of piperidine rings is 1. The topological polar surface area (TPSA) is 58.4 Å². The number of nitrogens with zero attached hydrogens (tertiary/aromatic N) is 3. The number of carbonyl (C=O) groups excluding carboxylic acids is 1. The number of carbonyl (C=O) groups is 1. The molecule has 0 unspecified atom stereocenters. The Morgan fingerprint density at radius 2 is 2.00 bits per heavy atom. The van der Waals surface area contributed by atoms with Crippen molar-refractivity contribution >= 4 is 5.91 Å². The second-order valence-electron chi connectivity index (χ2n) is 7.67. The summed E-state index contributed by atoms with van der Waals surface area (Å²) in [6.07, 6.45) is 3.91. The summed E-state index contributed by atoms with van der Waals surface area (Å²) in [6.45, 7) is 10.7. The van der Waals surface area contributed by atoms with Crippen LogP contribution in [0.25, 0.3) is 0 Å². The number of aliphatic hydroxyl groups excluding tert-OH is 1. The second kappa shape index (κ2) is 8.65. The van der Waals surface area contributed by atoms with E-state index in [1.54, 1.807) is 0 Å². The summed E-state index contributed by atoms with van der Waals surface area (Å²) >= 11 is 0. The molecular formula is C19H33N3O2. The van der Waals surface area contributed by atoms with Crippen LogP contribution in [0.1, 0.15) is 57.3 Å². The Hall–Kier alpha value is -1.36. The third kappa shape index (κ3) is 5.33. The van der Waals surface area contributed by atoms with Gasteiger partial charge in [0.05, 0.1) is 11.8 Å². The van der Waals surface area contributed by atoms with Crippen molar-refractivity contribution in [3.63, 3.8) is 0 Å². The van der Waals surface area contributed by atoms with Crippen molar-refractivity contribution in [2.75, 3.05) is 13.1 Å². The van der Waals surface area contributed by atoms with Gasteiger partial charge >= 0.3 is 0 Å². The number of aromatic nitrogens is 2. The summed E-state index contributed by atoms with van der Waals surface area (Å²) in [7, 11) is 0. The van der Waals surface area contributed by atoms with Crippen LogP contribution in [-0.2, 0) is 11.3 Å². The smallest absolute Gasteiger partial charge is 0.222 e. The van der Waals surface area contributed by atoms with Gasteiger partial charge < -0.3 is 10.0 Å². The predicted molar refractivity (Wildman–Crippen MR) is 95.7 cm³/mol. The third-order valence-electron chi connectivity index (χ3n) is 5.01. The molecular weight excluding hydrogens is 302 g/mol. The van der Waals surface area contributed by atoms with Gasteiger partial charge in [0.25, 0.3) is 0 Å². The average molecular weight is 335 g/mol. The minimum absolute atomic E-state index is 0.215. The van der Waals surface area contributed by atoms with E-state index < -0.39 is 0 Å². The summed E-state index contributed by atoms with van der Waals surface area (Å²) in [6, 6.07) is 2.06. The zero-order chi connectivity index (χ0) is 17.7. The molecule has 2 heterocycles. The van der Waals surface area contributed by atoms with E-state index in [4.69, 9.17) is 0 Å². The lowest BCUT2D eigenvalue weighted by Gasteiger charge is -2.34. The third-order valence-corrected chi connectivity index (χ3v) is 5.01. The highest BCUT2D eigenvalue weighted by Crippen LogP contribution is 2.25. The van der Waals surface area contributed by atoms with Crippen molar-refractivity contribution in [3.8, 4) is 0 Å². The van der Waals surface area contributed by atoms with Crippen molar-refractivity contribution in [2.45, 2.75) is 72.4 Å². The first kappa shape index (κ1) is 19.0. The summed E-state index contributed by atoms with van der Waals surface area (Å²) in [5, 5.41) is 14.7. The molecule has 24 heavy (non-hydrogen) atoms. The van der Waals surface area contributed by atoms with Crippen molar-refractivity contribution in [1.29, 1.82) is 0 Å². The molecule has 2 rings (SSSR count). The Morgan fingerprint density at radius 1 is 1.33 bits per heavy atom. The van der Waals surface area contributed by atoms with Gasteiger partial charge in [-0.15, -0.1) is 0 Å². The lowest BCUT2D eigenvalue weighted by atomic mass is 9.87. The molecule has 0 bridgehead atoms. The number of aryl methyl sites for hydroxylation is 3. The van der Waals surface area contributed by atoms with Crippen LogP contribution in [0.2, 0.25) is 0 Å². The van der Waals surface area contributed by atoms with Crippen LogP contribution >= 0.6 is 0 Å². The monoisotopic (exact) mass is 335 g/mol. The summed E-state index contributed by atoms with van der Waals surface area (Å²) in [5.74, 6) is 1.12. The molecule has 5 heteroatoms. The normalized spacial score (nSPS) is 17.5. The minimum Gasteiger partial charge on any atom is -0.393 e. The van der Waals surface area contributed by atoms with Crippen LogP contribution in [-0.4, -0.2) is 44.9 Å². The minimum atomic E-state index is -0.215. The van der Waals surface area contributed by atoms with Crippen LogP contribution < -0.4 is 0 Å². The maximum atomic E-state index is 12.4. The fourth-order valence-electron chi connectivity index (χ4n) is 3.65. The van der Waals surface area contributed by atoms with E-state index in [0.29, 0.717) is 18.3 Å². The molecule has 0 aliphatic carbocycles. The number of hydrogen-bond acceptors (Lipinski definition) is 3. The van der Waals surface area contributed by atoms with Gasteiger partial charge in [0, 0.05) is 31.7 Å². The van der Waals surface area contributed by atoms with E-state index >= 15 is 0 Å². The van der Waals surface area contributed by atoms with E-state index in [-0.39, 0.29) is 12.0 Å². The van der Waals surface area contributed by atoms with Crippen LogP contribution in [0.4, 0.5) is 0 Å². The number of aliphatic hydroxyl groups is 1. The molecule has 0 radical (unpaired) electrons. The molecule has 1 saturated heterocycles. The van der Waals surface area contributed by atoms with Crippen LogP contribution in [0.15, 0.2) is 6.07 Å². The molecule has 1 amide bonds. The van der Waals surface area contributed by atoms with E-state index in [1.807, 2.05) is 16.5 Å². The molecule has 1 aliphatic rings. The molecule has 0 spiro atoms. The summed E-state index contributed by atoms with van der Waals surface area (Å²) in [4.78, 5) is 14.3. The lowest BCUT2D eigenvalue weighted by molar-refractivity contribution is -0.133. The quantitative estimate of drug-likeness (QED) is 0.833. The van der Waals surface area contributed by atoms with Crippen molar-refractivity contribution in [3.05, 3.63) is 17.5 Å². The zero-order valence-electron chi connectivity index (χ0n) is 15.7. The number of likely N-dealkylation sites (tertiary alicyclic amines) is 1.